The van der Waals surface area contributed by atoms with Crippen LogP contribution in [0.5, 0.6) is 0 Å². The lowest BCUT2D eigenvalue weighted by Gasteiger charge is -2.41. The molecule has 0 aromatic heterocycles. The Bertz CT molecular complexity index is 1450. The van der Waals surface area contributed by atoms with Crippen LogP contribution in [-0.2, 0) is 20.9 Å². The molecule has 0 spiro atoms. The number of carbonyl (C=O) groups is 4. The largest absolute Gasteiger partial charge is 0.354 e. The van der Waals surface area contributed by atoms with Crippen molar-refractivity contribution in [3.8, 4) is 0 Å². The van der Waals surface area contributed by atoms with E-state index in [9.17, 15) is 19.2 Å². The third kappa shape index (κ3) is 7.29. The van der Waals surface area contributed by atoms with E-state index in [2.05, 4.69) is 49.6 Å². The molecular formula is C38H50N6O4. The predicted molar refractivity (Wildman–Crippen MR) is 183 cm³/mol. The molecule has 256 valence electrons. The zero-order valence-electron chi connectivity index (χ0n) is 28.0. The molecule has 2 aromatic rings. The monoisotopic (exact) mass is 654 g/mol. The molecule has 2 aromatic carbocycles. The van der Waals surface area contributed by atoms with Crippen molar-refractivity contribution in [3.05, 3.63) is 71.8 Å². The molecule has 0 saturated carbocycles. The molecule has 4 amide bonds. The minimum Gasteiger partial charge on any atom is -0.354 e. The van der Waals surface area contributed by atoms with E-state index in [1.54, 1.807) is 17.0 Å². The van der Waals surface area contributed by atoms with Crippen LogP contribution in [0.15, 0.2) is 60.7 Å². The smallest absolute Gasteiger partial charge is 0.254 e. The average Bonchev–Trinajstić information content (AvgIpc) is 3.78. The van der Waals surface area contributed by atoms with Crippen LogP contribution in [0.4, 0.5) is 0 Å². The van der Waals surface area contributed by atoms with Gasteiger partial charge in [-0.15, -0.1) is 0 Å². The van der Waals surface area contributed by atoms with Crippen molar-refractivity contribution in [2.45, 2.75) is 82.1 Å². The zero-order chi connectivity index (χ0) is 33.0. The Morgan fingerprint density at radius 3 is 2.27 bits per heavy atom. The van der Waals surface area contributed by atoms with Gasteiger partial charge in [-0.05, 0) is 87.6 Å². The van der Waals surface area contributed by atoms with Crippen molar-refractivity contribution in [1.82, 2.24) is 30.2 Å². The van der Waals surface area contributed by atoms with Crippen LogP contribution >= 0.6 is 0 Å². The lowest BCUT2D eigenvalue weighted by atomic mass is 9.80. The highest BCUT2D eigenvalue weighted by Crippen LogP contribution is 2.32. The van der Waals surface area contributed by atoms with Crippen molar-refractivity contribution >= 4 is 23.6 Å². The van der Waals surface area contributed by atoms with Crippen LogP contribution in [0.3, 0.4) is 0 Å². The highest BCUT2D eigenvalue weighted by Gasteiger charge is 2.43. The number of hydrogen-bond acceptors (Lipinski definition) is 6. The first-order chi connectivity index (χ1) is 23.4. The molecule has 10 nitrogen and oxygen atoms in total. The highest BCUT2D eigenvalue weighted by molar-refractivity contribution is 5.98. The normalized spacial score (nSPS) is 30.9. The zero-order valence-corrected chi connectivity index (χ0v) is 28.0. The maximum absolute atomic E-state index is 13.8. The van der Waals surface area contributed by atoms with Gasteiger partial charge in [-0.3, -0.25) is 29.0 Å². The number of nitrogens with zero attached hydrogens (tertiary/aromatic N) is 4. The van der Waals surface area contributed by atoms with E-state index < -0.39 is 6.04 Å². The van der Waals surface area contributed by atoms with Crippen LogP contribution in [-0.4, -0.2) is 113 Å². The van der Waals surface area contributed by atoms with E-state index in [1.807, 2.05) is 24.3 Å². The van der Waals surface area contributed by atoms with Gasteiger partial charge in [0, 0.05) is 63.3 Å². The first-order valence-electron chi connectivity index (χ1n) is 18.2. The summed E-state index contributed by atoms with van der Waals surface area (Å²) >= 11 is 0. The molecule has 5 atom stereocenters. The summed E-state index contributed by atoms with van der Waals surface area (Å²) in [5.41, 5.74) is 1.82. The molecule has 0 unspecified atom stereocenters. The van der Waals surface area contributed by atoms with Crippen molar-refractivity contribution in [2.24, 2.45) is 11.8 Å². The average molecular weight is 655 g/mol. The number of amides is 4. The molecule has 0 aliphatic carbocycles. The molecule has 2 N–H and O–H groups in total. The quantitative estimate of drug-likeness (QED) is 0.528. The van der Waals surface area contributed by atoms with Gasteiger partial charge in [0.15, 0.2) is 0 Å². The molecule has 10 heteroatoms. The van der Waals surface area contributed by atoms with Gasteiger partial charge >= 0.3 is 0 Å². The second-order valence-electron chi connectivity index (χ2n) is 14.6. The molecule has 0 radical (unpaired) electrons. The fourth-order valence-corrected chi connectivity index (χ4v) is 9.00. The number of benzene rings is 2. The van der Waals surface area contributed by atoms with Gasteiger partial charge in [-0.2, -0.15) is 0 Å². The molecular weight excluding hydrogens is 604 g/mol. The fraction of sp³-hybridized carbons (Fsp3) is 0.579. The van der Waals surface area contributed by atoms with Gasteiger partial charge in [0.1, 0.15) is 6.04 Å². The van der Waals surface area contributed by atoms with Crippen LogP contribution in [0, 0.1) is 11.8 Å². The van der Waals surface area contributed by atoms with Crippen LogP contribution in [0.2, 0.25) is 0 Å². The first kappa shape index (κ1) is 32.8. The van der Waals surface area contributed by atoms with Gasteiger partial charge in [0.05, 0.1) is 6.04 Å². The van der Waals surface area contributed by atoms with E-state index in [0.717, 1.165) is 77.8 Å². The number of rotatable bonds is 3. The lowest BCUT2D eigenvalue weighted by Crippen LogP contribution is -2.53. The van der Waals surface area contributed by atoms with Gasteiger partial charge in [0.25, 0.3) is 5.91 Å². The number of carbonyl (C=O) groups excluding carboxylic acids is 4. The maximum atomic E-state index is 13.8. The predicted octanol–water partition coefficient (Wildman–Crippen LogP) is 2.89. The minimum atomic E-state index is -0.661. The third-order valence-corrected chi connectivity index (χ3v) is 11.6. The number of hydrogen-bond donors (Lipinski definition) is 2. The topological polar surface area (TPSA) is 105 Å². The van der Waals surface area contributed by atoms with Crippen molar-refractivity contribution in [1.29, 1.82) is 0 Å². The summed E-state index contributed by atoms with van der Waals surface area (Å²) in [7, 11) is 0. The van der Waals surface area contributed by atoms with E-state index in [1.165, 1.54) is 5.56 Å². The van der Waals surface area contributed by atoms with E-state index in [-0.39, 0.29) is 53.6 Å². The van der Waals surface area contributed by atoms with Gasteiger partial charge in [-0.1, -0.05) is 48.5 Å². The number of nitrogens with one attached hydrogen (secondary N) is 2. The molecule has 6 aliphatic rings. The summed E-state index contributed by atoms with van der Waals surface area (Å²) in [5, 5.41) is 6.43. The number of likely N-dealkylation sites (tertiary alicyclic amines) is 2. The Morgan fingerprint density at radius 1 is 0.750 bits per heavy atom. The third-order valence-electron chi connectivity index (χ3n) is 11.6. The van der Waals surface area contributed by atoms with Gasteiger partial charge < -0.3 is 20.4 Å². The Kier molecular flexibility index (Phi) is 10.1. The summed E-state index contributed by atoms with van der Waals surface area (Å²) in [6.07, 6.45) is 6.21. The fourth-order valence-electron chi connectivity index (χ4n) is 9.00. The molecule has 48 heavy (non-hydrogen) atoms. The van der Waals surface area contributed by atoms with Crippen LogP contribution < -0.4 is 10.6 Å². The second kappa shape index (κ2) is 14.8. The Balaban J connectivity index is 1.11. The summed E-state index contributed by atoms with van der Waals surface area (Å²) in [4.78, 5) is 63.5. The van der Waals surface area contributed by atoms with Crippen molar-refractivity contribution < 1.29 is 19.2 Å². The van der Waals surface area contributed by atoms with Crippen LogP contribution in [0.1, 0.15) is 67.3 Å². The van der Waals surface area contributed by atoms with Crippen molar-refractivity contribution in [3.63, 3.8) is 0 Å². The molecule has 6 fully saturated rings. The summed E-state index contributed by atoms with van der Waals surface area (Å²) in [6.45, 7) is 5.87. The van der Waals surface area contributed by atoms with Crippen LogP contribution in [0.25, 0.3) is 0 Å². The minimum absolute atomic E-state index is 0.00813. The molecule has 6 aliphatic heterocycles. The highest BCUT2D eigenvalue weighted by atomic mass is 16.2. The van der Waals surface area contributed by atoms with E-state index in [4.69, 9.17) is 0 Å². The van der Waals surface area contributed by atoms with Gasteiger partial charge in [0.2, 0.25) is 17.7 Å². The van der Waals surface area contributed by atoms with E-state index >= 15 is 0 Å². The lowest BCUT2D eigenvalue weighted by molar-refractivity contribution is -0.136. The number of fused-ring (bicyclic) bond motifs is 7. The molecule has 6 heterocycles. The van der Waals surface area contributed by atoms with Crippen molar-refractivity contribution in [2.75, 3.05) is 45.8 Å². The SMILES string of the molecule is O=C1NCC[C@H]2CN(Cc3ccccc3)CC[C@H]2CC(=O)N2CCC(CC2)N2CCC[C@H]2C(=O)N[C@@H]2C[C@H]1N(C(=O)c1ccccc1)C2. The Morgan fingerprint density at radius 2 is 1.50 bits per heavy atom. The maximum Gasteiger partial charge on any atom is 0.254 e. The summed E-state index contributed by atoms with van der Waals surface area (Å²) in [5.74, 6) is 0.403. The first-order valence-corrected chi connectivity index (χ1v) is 18.2. The molecule has 8 rings (SSSR count). The number of piperidine rings is 2. The summed E-state index contributed by atoms with van der Waals surface area (Å²) in [6, 6.07) is 18.7. The second-order valence-corrected chi connectivity index (χ2v) is 14.6. The van der Waals surface area contributed by atoms with Gasteiger partial charge in [-0.25, -0.2) is 0 Å². The summed E-state index contributed by atoms with van der Waals surface area (Å²) < 4.78 is 0. The Labute approximate surface area is 284 Å². The Hall–Kier alpha value is -3.76. The molecule has 4 bridgehead atoms. The van der Waals surface area contributed by atoms with E-state index in [0.29, 0.717) is 31.5 Å². The standard InChI is InChI=1S/C38H50N6O4/c45-35-22-29-14-19-41(24-27-8-3-1-4-9-27)25-30(29)13-17-39-36(46)34-23-31(26-44(34)38(48)28-10-5-2-6-11-28)40-37(47)33-12-7-18-43(33)32-15-20-42(35)21-16-32/h1-6,8-11,29-34H,7,12-26H2,(H,39,46)(H,40,47)/t29-,30-,31+,33-,34+/m0/s1. The molecule has 6 saturated heterocycles.